The van der Waals surface area contributed by atoms with Crippen LogP contribution in [0.1, 0.15) is 22.0 Å². The average molecular weight is 351 g/mol. The van der Waals surface area contributed by atoms with Crippen LogP contribution in [0.3, 0.4) is 0 Å². The number of hydrogen-bond donors (Lipinski definition) is 2. The van der Waals surface area contributed by atoms with Gasteiger partial charge in [0.15, 0.2) is 6.04 Å². The summed E-state index contributed by atoms with van der Waals surface area (Å²) in [5.41, 5.74) is 3.04. The molecule has 0 unspecified atom stereocenters. The number of anilines is 1. The molecule has 0 aliphatic carbocycles. The summed E-state index contributed by atoms with van der Waals surface area (Å²) in [7, 11) is 0. The maximum absolute atomic E-state index is 12.9. The van der Waals surface area contributed by atoms with Crippen LogP contribution >= 0.6 is 11.3 Å². The fraction of sp³-hybridized carbons (Fsp3) is 0.190. The predicted molar refractivity (Wildman–Crippen MR) is 104 cm³/mol. The molecule has 0 radical (unpaired) electrons. The number of hydrogen-bond acceptors (Lipinski definition) is 2. The standard InChI is InChI=1S/C21H22N2OS/c1-16-9-11-18(12-10-16)23-21(24)20(17-6-3-2-4-7-17)22-14-13-19-8-5-15-25-19/h2-12,15,20,22H,13-14H2,1H3,(H,23,24)/p+1/t20-/m0/s1. The van der Waals surface area contributed by atoms with Crippen molar-refractivity contribution in [2.24, 2.45) is 0 Å². The smallest absolute Gasteiger partial charge is 0.287 e. The largest absolute Gasteiger partial charge is 0.332 e. The van der Waals surface area contributed by atoms with Gasteiger partial charge in [0, 0.05) is 22.5 Å². The van der Waals surface area contributed by atoms with E-state index in [1.54, 1.807) is 11.3 Å². The highest BCUT2D eigenvalue weighted by Crippen LogP contribution is 2.14. The third-order valence-electron chi connectivity index (χ3n) is 4.13. The highest BCUT2D eigenvalue weighted by atomic mass is 32.1. The molecule has 25 heavy (non-hydrogen) atoms. The van der Waals surface area contributed by atoms with Crippen molar-refractivity contribution < 1.29 is 10.1 Å². The summed E-state index contributed by atoms with van der Waals surface area (Å²) in [5.74, 6) is 0.0150. The van der Waals surface area contributed by atoms with Crippen molar-refractivity contribution in [3.63, 3.8) is 0 Å². The van der Waals surface area contributed by atoms with Gasteiger partial charge in [-0.25, -0.2) is 0 Å². The van der Waals surface area contributed by atoms with Crippen LogP contribution in [0.25, 0.3) is 0 Å². The third-order valence-corrected chi connectivity index (χ3v) is 5.07. The van der Waals surface area contributed by atoms with E-state index in [-0.39, 0.29) is 11.9 Å². The number of thiophene rings is 1. The fourth-order valence-corrected chi connectivity index (χ4v) is 3.48. The molecular formula is C21H23N2OS+. The maximum atomic E-state index is 12.9. The van der Waals surface area contributed by atoms with Crippen LogP contribution in [0.2, 0.25) is 0 Å². The first-order chi connectivity index (χ1) is 12.2. The highest BCUT2D eigenvalue weighted by molar-refractivity contribution is 7.09. The van der Waals surface area contributed by atoms with Crippen molar-refractivity contribution in [3.05, 3.63) is 88.1 Å². The van der Waals surface area contributed by atoms with E-state index in [2.05, 4.69) is 28.1 Å². The SMILES string of the molecule is Cc1ccc(NC(=O)[C@@H]([NH2+]CCc2cccs2)c2ccccc2)cc1. The Kier molecular flexibility index (Phi) is 5.99. The van der Waals surface area contributed by atoms with Crippen molar-refractivity contribution in [2.75, 3.05) is 11.9 Å². The average Bonchev–Trinajstić information content (AvgIpc) is 3.15. The Morgan fingerprint density at radius 2 is 1.80 bits per heavy atom. The van der Waals surface area contributed by atoms with Gasteiger partial charge in [-0.05, 0) is 30.5 Å². The number of nitrogens with one attached hydrogen (secondary N) is 1. The first kappa shape index (κ1) is 17.4. The zero-order valence-electron chi connectivity index (χ0n) is 14.3. The minimum atomic E-state index is -0.248. The lowest BCUT2D eigenvalue weighted by Crippen LogP contribution is -2.87. The molecule has 3 rings (SSSR count). The number of rotatable bonds is 7. The summed E-state index contributed by atoms with van der Waals surface area (Å²) in [6.07, 6.45) is 0.971. The summed E-state index contributed by atoms with van der Waals surface area (Å²) in [4.78, 5) is 14.2. The Balaban J connectivity index is 1.68. The van der Waals surface area contributed by atoms with Gasteiger partial charge >= 0.3 is 0 Å². The van der Waals surface area contributed by atoms with Crippen molar-refractivity contribution in [1.82, 2.24) is 0 Å². The van der Waals surface area contributed by atoms with Gasteiger partial charge in [-0.1, -0.05) is 54.1 Å². The van der Waals surface area contributed by atoms with Crippen LogP contribution in [-0.4, -0.2) is 12.5 Å². The lowest BCUT2D eigenvalue weighted by Gasteiger charge is -2.16. The molecule has 1 aromatic heterocycles. The highest BCUT2D eigenvalue weighted by Gasteiger charge is 2.23. The molecule has 0 saturated carbocycles. The van der Waals surface area contributed by atoms with Gasteiger partial charge in [-0.2, -0.15) is 0 Å². The molecule has 1 amide bonds. The molecule has 3 nitrogen and oxygen atoms in total. The van der Waals surface area contributed by atoms with E-state index in [0.717, 1.165) is 24.2 Å². The van der Waals surface area contributed by atoms with Gasteiger partial charge in [0.1, 0.15) is 0 Å². The number of carbonyl (C=O) groups is 1. The number of carbonyl (C=O) groups excluding carboxylic acids is 1. The second-order valence-corrected chi connectivity index (χ2v) is 7.13. The Bertz CT molecular complexity index is 783. The zero-order valence-corrected chi connectivity index (χ0v) is 15.1. The van der Waals surface area contributed by atoms with E-state index >= 15 is 0 Å². The van der Waals surface area contributed by atoms with Crippen LogP contribution in [0.4, 0.5) is 5.69 Å². The molecule has 3 N–H and O–H groups in total. The molecule has 0 spiro atoms. The first-order valence-electron chi connectivity index (χ1n) is 8.50. The topological polar surface area (TPSA) is 45.7 Å². The summed E-state index contributed by atoms with van der Waals surface area (Å²) < 4.78 is 0. The van der Waals surface area contributed by atoms with Gasteiger partial charge in [0.05, 0.1) is 6.54 Å². The number of quaternary nitrogens is 1. The fourth-order valence-electron chi connectivity index (χ4n) is 2.76. The summed E-state index contributed by atoms with van der Waals surface area (Å²) in [6, 6.07) is 21.8. The van der Waals surface area contributed by atoms with E-state index in [1.165, 1.54) is 10.4 Å². The number of nitrogens with two attached hydrogens (primary N) is 1. The van der Waals surface area contributed by atoms with Crippen molar-refractivity contribution in [2.45, 2.75) is 19.4 Å². The molecule has 0 aliphatic heterocycles. The summed E-state index contributed by atoms with van der Waals surface area (Å²) >= 11 is 1.76. The maximum Gasteiger partial charge on any atom is 0.287 e. The predicted octanol–water partition coefficient (Wildman–Crippen LogP) is 3.54. The number of aryl methyl sites for hydroxylation is 1. The third kappa shape index (κ3) is 5.02. The van der Waals surface area contributed by atoms with E-state index in [0.29, 0.717) is 0 Å². The molecule has 4 heteroatoms. The first-order valence-corrected chi connectivity index (χ1v) is 9.38. The van der Waals surface area contributed by atoms with E-state index < -0.39 is 0 Å². The van der Waals surface area contributed by atoms with Crippen molar-refractivity contribution in [1.29, 1.82) is 0 Å². The van der Waals surface area contributed by atoms with Crippen LogP contribution in [0.15, 0.2) is 72.1 Å². The van der Waals surface area contributed by atoms with Gasteiger partial charge in [-0.15, -0.1) is 11.3 Å². The van der Waals surface area contributed by atoms with E-state index in [1.807, 2.05) is 61.5 Å². The lowest BCUT2D eigenvalue weighted by molar-refractivity contribution is -0.682. The Hall–Kier alpha value is -2.43. The summed E-state index contributed by atoms with van der Waals surface area (Å²) in [6.45, 7) is 2.91. The second kappa shape index (κ2) is 8.60. The van der Waals surface area contributed by atoms with Gasteiger partial charge in [0.2, 0.25) is 0 Å². The van der Waals surface area contributed by atoms with E-state index in [4.69, 9.17) is 0 Å². The summed E-state index contributed by atoms with van der Waals surface area (Å²) in [5, 5.41) is 7.26. The molecule has 1 atom stereocenters. The number of amides is 1. The minimum absolute atomic E-state index is 0.0150. The molecule has 1 heterocycles. The monoisotopic (exact) mass is 351 g/mol. The number of benzene rings is 2. The molecule has 0 saturated heterocycles. The van der Waals surface area contributed by atoms with Crippen molar-refractivity contribution in [3.8, 4) is 0 Å². The van der Waals surface area contributed by atoms with Crippen molar-refractivity contribution >= 4 is 22.9 Å². The molecule has 3 aromatic rings. The Morgan fingerprint density at radius 3 is 2.48 bits per heavy atom. The van der Waals surface area contributed by atoms with Gasteiger partial charge in [0.25, 0.3) is 5.91 Å². The zero-order chi connectivity index (χ0) is 17.5. The molecule has 128 valence electrons. The second-order valence-electron chi connectivity index (χ2n) is 6.10. The minimum Gasteiger partial charge on any atom is -0.332 e. The molecule has 0 fully saturated rings. The lowest BCUT2D eigenvalue weighted by atomic mass is 10.1. The Labute approximate surface area is 152 Å². The molecule has 0 bridgehead atoms. The van der Waals surface area contributed by atoms with Crippen LogP contribution in [0, 0.1) is 6.92 Å². The quantitative estimate of drug-likeness (QED) is 0.672. The molecular weight excluding hydrogens is 328 g/mol. The van der Waals surface area contributed by atoms with Crippen LogP contribution < -0.4 is 10.6 Å². The van der Waals surface area contributed by atoms with Crippen LogP contribution in [0.5, 0.6) is 0 Å². The van der Waals surface area contributed by atoms with Gasteiger partial charge < -0.3 is 10.6 Å². The van der Waals surface area contributed by atoms with Gasteiger partial charge in [-0.3, -0.25) is 4.79 Å². The van der Waals surface area contributed by atoms with E-state index in [9.17, 15) is 4.79 Å². The Morgan fingerprint density at radius 1 is 1.04 bits per heavy atom. The normalized spacial score (nSPS) is 11.9. The molecule has 0 aliphatic rings. The van der Waals surface area contributed by atoms with Crippen LogP contribution in [-0.2, 0) is 11.2 Å². The molecule has 2 aromatic carbocycles.